The molecule has 5 rings (SSSR count). The Balaban J connectivity index is 1.38. The normalized spacial score (nSPS) is 24.9. The van der Waals surface area contributed by atoms with Gasteiger partial charge in [-0.2, -0.15) is 0 Å². The zero-order chi connectivity index (χ0) is 17.2. The maximum Gasteiger partial charge on any atom is 0.255 e. The van der Waals surface area contributed by atoms with Crippen LogP contribution in [0.25, 0.3) is 0 Å². The van der Waals surface area contributed by atoms with E-state index in [4.69, 9.17) is 5.73 Å². The smallest absolute Gasteiger partial charge is 0.255 e. The molecule has 0 saturated carbocycles. The number of hydrogen-bond donors (Lipinski definition) is 2. The predicted molar refractivity (Wildman–Crippen MR) is 102 cm³/mol. The largest absolute Gasteiger partial charge is 0.399 e. The van der Waals surface area contributed by atoms with Crippen molar-refractivity contribution in [2.24, 2.45) is 5.92 Å². The third kappa shape index (κ3) is 3.69. The van der Waals surface area contributed by atoms with Crippen LogP contribution >= 0.6 is 0 Å². The first-order chi connectivity index (χ1) is 12.2. The molecular weight excluding hydrogens is 310 g/mol. The summed E-state index contributed by atoms with van der Waals surface area (Å²) in [5.41, 5.74) is 9.12. The average molecular weight is 335 g/mol. The fourth-order valence-corrected chi connectivity index (χ4v) is 4.13. The first-order valence-corrected chi connectivity index (χ1v) is 9.17. The zero-order valence-electron chi connectivity index (χ0n) is 14.4. The lowest BCUT2D eigenvalue weighted by atomic mass is 9.81. The van der Waals surface area contributed by atoms with E-state index < -0.39 is 0 Å². The van der Waals surface area contributed by atoms with Crippen molar-refractivity contribution in [2.45, 2.75) is 31.7 Å². The fourth-order valence-electron chi connectivity index (χ4n) is 4.13. The van der Waals surface area contributed by atoms with E-state index in [1.54, 1.807) is 12.1 Å². The molecule has 3 fully saturated rings. The van der Waals surface area contributed by atoms with Crippen LogP contribution in [0.15, 0.2) is 48.5 Å². The third-order valence-electron chi connectivity index (χ3n) is 5.63. The molecule has 3 saturated heterocycles. The van der Waals surface area contributed by atoms with E-state index in [-0.39, 0.29) is 5.91 Å². The van der Waals surface area contributed by atoms with Gasteiger partial charge >= 0.3 is 0 Å². The van der Waals surface area contributed by atoms with Gasteiger partial charge in [0, 0.05) is 23.0 Å². The van der Waals surface area contributed by atoms with Crippen molar-refractivity contribution in [3.05, 3.63) is 59.7 Å². The Labute approximate surface area is 149 Å². The summed E-state index contributed by atoms with van der Waals surface area (Å²) in [6, 6.07) is 15.9. The fraction of sp³-hybridized carbons (Fsp3) is 0.381. The van der Waals surface area contributed by atoms with Crippen molar-refractivity contribution in [3.8, 4) is 0 Å². The zero-order valence-corrected chi connectivity index (χ0v) is 14.4. The number of carbonyl (C=O) groups excluding carboxylic acids is 1. The summed E-state index contributed by atoms with van der Waals surface area (Å²) in [7, 11) is 0. The van der Waals surface area contributed by atoms with E-state index in [0.29, 0.717) is 17.3 Å². The minimum atomic E-state index is -0.0863. The Bertz CT molecular complexity index is 731. The van der Waals surface area contributed by atoms with E-state index in [2.05, 4.69) is 22.3 Å². The predicted octanol–water partition coefficient (Wildman–Crippen LogP) is 3.55. The molecule has 1 amide bonds. The van der Waals surface area contributed by atoms with Crippen LogP contribution in [0.5, 0.6) is 0 Å². The van der Waals surface area contributed by atoms with E-state index in [9.17, 15) is 4.79 Å². The highest BCUT2D eigenvalue weighted by Gasteiger charge is 2.33. The van der Waals surface area contributed by atoms with Crippen LogP contribution in [-0.4, -0.2) is 29.9 Å². The molecule has 0 aromatic heterocycles. The summed E-state index contributed by atoms with van der Waals surface area (Å²) in [6.07, 6.45) is 5.18. The van der Waals surface area contributed by atoms with Crippen molar-refractivity contribution < 1.29 is 4.79 Å². The summed E-state index contributed by atoms with van der Waals surface area (Å²) in [4.78, 5) is 15.0. The minimum Gasteiger partial charge on any atom is -0.399 e. The van der Waals surface area contributed by atoms with Gasteiger partial charge < -0.3 is 16.0 Å². The van der Waals surface area contributed by atoms with Crippen LogP contribution in [0.3, 0.4) is 0 Å². The van der Waals surface area contributed by atoms with Crippen molar-refractivity contribution in [1.82, 2.24) is 4.90 Å². The summed E-state index contributed by atoms with van der Waals surface area (Å²) < 4.78 is 0. The van der Waals surface area contributed by atoms with Crippen LogP contribution in [-0.2, 0) is 6.42 Å². The molecule has 2 aromatic rings. The Kier molecular flexibility index (Phi) is 4.45. The van der Waals surface area contributed by atoms with Crippen molar-refractivity contribution in [3.63, 3.8) is 0 Å². The van der Waals surface area contributed by atoms with Crippen molar-refractivity contribution >= 4 is 17.3 Å². The van der Waals surface area contributed by atoms with Gasteiger partial charge in [-0.25, -0.2) is 0 Å². The quantitative estimate of drug-likeness (QED) is 0.840. The summed E-state index contributed by atoms with van der Waals surface area (Å²) in [5, 5.41) is 2.91. The van der Waals surface area contributed by atoms with Gasteiger partial charge in [0.15, 0.2) is 0 Å². The molecule has 0 spiro atoms. The van der Waals surface area contributed by atoms with Crippen molar-refractivity contribution in [2.75, 3.05) is 24.1 Å². The standard InChI is InChI=1S/C21H25N3O/c22-18-5-7-19(8-6-18)23-21(25)17-3-1-15(2-4-17)13-20-14-16-9-11-24(20)12-10-16/h1-8,16,20H,9-14,22H2,(H,23,25). The highest BCUT2D eigenvalue weighted by molar-refractivity contribution is 6.04. The van der Waals surface area contributed by atoms with Crippen LogP contribution in [0.4, 0.5) is 11.4 Å². The topological polar surface area (TPSA) is 58.4 Å². The molecular formula is C21H25N3O. The van der Waals surface area contributed by atoms with Gasteiger partial charge in [0.2, 0.25) is 0 Å². The summed E-state index contributed by atoms with van der Waals surface area (Å²) >= 11 is 0. The molecule has 1 unspecified atom stereocenters. The molecule has 2 bridgehead atoms. The monoisotopic (exact) mass is 335 g/mol. The van der Waals surface area contributed by atoms with Crippen LogP contribution in [0, 0.1) is 5.92 Å². The molecule has 2 aromatic carbocycles. The van der Waals surface area contributed by atoms with Gasteiger partial charge in [0.1, 0.15) is 0 Å². The number of fused-ring (bicyclic) bond motifs is 3. The maximum absolute atomic E-state index is 12.4. The van der Waals surface area contributed by atoms with Gasteiger partial charge in [-0.1, -0.05) is 12.1 Å². The third-order valence-corrected chi connectivity index (χ3v) is 5.63. The van der Waals surface area contributed by atoms with Gasteiger partial charge in [-0.3, -0.25) is 4.79 Å². The molecule has 0 aliphatic carbocycles. The van der Waals surface area contributed by atoms with E-state index in [1.807, 2.05) is 24.3 Å². The lowest BCUT2D eigenvalue weighted by molar-refractivity contribution is 0.0498. The number of benzene rings is 2. The molecule has 3 aliphatic rings. The number of anilines is 2. The van der Waals surface area contributed by atoms with Gasteiger partial charge in [0.25, 0.3) is 5.91 Å². The first kappa shape index (κ1) is 16.2. The molecule has 3 heterocycles. The Morgan fingerprint density at radius 1 is 1.04 bits per heavy atom. The number of piperidine rings is 3. The van der Waals surface area contributed by atoms with Gasteiger partial charge in [0.05, 0.1) is 0 Å². The van der Waals surface area contributed by atoms with E-state index in [1.165, 1.54) is 37.9 Å². The lowest BCUT2D eigenvalue weighted by Crippen LogP contribution is -2.49. The molecule has 4 nitrogen and oxygen atoms in total. The molecule has 4 heteroatoms. The second-order valence-electron chi connectivity index (χ2n) is 7.35. The second-order valence-corrected chi connectivity index (χ2v) is 7.35. The summed E-state index contributed by atoms with van der Waals surface area (Å²) in [5.74, 6) is 0.844. The van der Waals surface area contributed by atoms with E-state index >= 15 is 0 Å². The molecule has 0 radical (unpaired) electrons. The highest BCUT2D eigenvalue weighted by Crippen LogP contribution is 2.33. The van der Waals surface area contributed by atoms with Gasteiger partial charge in [-0.15, -0.1) is 0 Å². The summed E-state index contributed by atoms with van der Waals surface area (Å²) in [6.45, 7) is 2.52. The Hall–Kier alpha value is -2.33. The van der Waals surface area contributed by atoms with Crippen LogP contribution < -0.4 is 11.1 Å². The van der Waals surface area contributed by atoms with E-state index in [0.717, 1.165) is 18.0 Å². The number of rotatable bonds is 4. The van der Waals surface area contributed by atoms with Crippen LogP contribution in [0.1, 0.15) is 35.2 Å². The molecule has 1 atom stereocenters. The number of nitrogens with zero attached hydrogens (tertiary/aromatic N) is 1. The first-order valence-electron chi connectivity index (χ1n) is 9.17. The number of nitrogen functional groups attached to an aromatic ring is 1. The maximum atomic E-state index is 12.4. The molecule has 130 valence electrons. The van der Waals surface area contributed by atoms with Crippen molar-refractivity contribution in [1.29, 1.82) is 0 Å². The lowest BCUT2D eigenvalue weighted by Gasteiger charge is -2.45. The van der Waals surface area contributed by atoms with Crippen LogP contribution in [0.2, 0.25) is 0 Å². The minimum absolute atomic E-state index is 0.0863. The molecule has 25 heavy (non-hydrogen) atoms. The second kappa shape index (κ2) is 6.89. The number of nitrogens with two attached hydrogens (primary N) is 1. The number of hydrogen-bond acceptors (Lipinski definition) is 3. The van der Waals surface area contributed by atoms with Gasteiger partial charge in [-0.05, 0) is 86.7 Å². The number of carbonyl (C=O) groups is 1. The molecule has 3 aliphatic heterocycles. The molecule has 3 N–H and O–H groups in total. The highest BCUT2D eigenvalue weighted by atomic mass is 16.1. The Morgan fingerprint density at radius 3 is 2.32 bits per heavy atom. The average Bonchev–Trinajstić information content (AvgIpc) is 2.65. The number of amides is 1. The number of nitrogens with one attached hydrogen (secondary N) is 1. The Morgan fingerprint density at radius 2 is 1.72 bits per heavy atom. The SMILES string of the molecule is Nc1ccc(NC(=O)c2ccc(CC3CC4CCN3CC4)cc2)cc1.